The van der Waals surface area contributed by atoms with Crippen molar-refractivity contribution in [2.45, 2.75) is 13.5 Å². The van der Waals surface area contributed by atoms with Crippen LogP contribution < -0.4 is 16.7 Å². The largest absolute Gasteiger partial charge is 0.397 e. The molecule has 0 saturated carbocycles. The van der Waals surface area contributed by atoms with E-state index in [1.165, 1.54) is 10.8 Å². The fraction of sp³-hybridized carbons (Fsp3) is 0.154. The van der Waals surface area contributed by atoms with Crippen LogP contribution in [0.25, 0.3) is 0 Å². The lowest BCUT2D eigenvalue weighted by Gasteiger charge is -2.09. The van der Waals surface area contributed by atoms with Crippen LogP contribution >= 0.6 is 11.6 Å². The van der Waals surface area contributed by atoms with Crippen LogP contribution in [-0.2, 0) is 11.3 Å². The second kappa shape index (κ2) is 5.75. The third-order valence-corrected chi connectivity index (χ3v) is 2.82. The van der Waals surface area contributed by atoms with Crippen LogP contribution in [-0.4, -0.2) is 15.5 Å². The molecule has 1 heterocycles. The van der Waals surface area contributed by atoms with Crippen LogP contribution in [0.3, 0.4) is 0 Å². The molecule has 1 amide bonds. The van der Waals surface area contributed by atoms with Crippen molar-refractivity contribution in [2.75, 3.05) is 11.1 Å². The average Bonchev–Trinajstić information content (AvgIpc) is 2.38. The van der Waals surface area contributed by atoms with E-state index in [1.54, 1.807) is 31.3 Å². The molecule has 0 aliphatic carbocycles. The van der Waals surface area contributed by atoms with Gasteiger partial charge in [0.15, 0.2) is 0 Å². The highest BCUT2D eigenvalue weighted by atomic mass is 35.5. The number of nitrogen functional groups attached to an aromatic ring is 1. The number of hydrogen-bond donors (Lipinski definition) is 2. The summed E-state index contributed by atoms with van der Waals surface area (Å²) in [6, 6.07) is 4.77. The lowest BCUT2D eigenvalue weighted by Crippen LogP contribution is -2.29. The van der Waals surface area contributed by atoms with E-state index >= 15 is 0 Å². The molecule has 1 aromatic carbocycles. The maximum atomic E-state index is 11.9. The summed E-state index contributed by atoms with van der Waals surface area (Å²) >= 11 is 5.83. The SMILES string of the molecule is Cc1cnc(=O)n(CC(=O)Nc2cc(Cl)ccc2N)c1. The van der Waals surface area contributed by atoms with Crippen LogP contribution in [0, 0.1) is 6.92 Å². The third kappa shape index (κ3) is 3.36. The van der Waals surface area contributed by atoms with Gasteiger partial charge in [0, 0.05) is 17.4 Å². The summed E-state index contributed by atoms with van der Waals surface area (Å²) in [5.74, 6) is -0.381. The minimum absolute atomic E-state index is 0.139. The van der Waals surface area contributed by atoms with E-state index in [-0.39, 0.29) is 12.5 Å². The molecule has 2 aromatic rings. The summed E-state index contributed by atoms with van der Waals surface area (Å²) in [4.78, 5) is 27.1. The first-order valence-electron chi connectivity index (χ1n) is 5.83. The molecule has 0 aliphatic rings. The van der Waals surface area contributed by atoms with Gasteiger partial charge < -0.3 is 11.1 Å². The van der Waals surface area contributed by atoms with Crippen molar-refractivity contribution >= 4 is 28.9 Å². The van der Waals surface area contributed by atoms with Gasteiger partial charge in [-0.05, 0) is 30.7 Å². The van der Waals surface area contributed by atoms with Crippen molar-refractivity contribution in [2.24, 2.45) is 0 Å². The Morgan fingerprint density at radius 1 is 1.50 bits per heavy atom. The summed E-state index contributed by atoms with van der Waals surface area (Å²) in [5, 5.41) is 3.07. The van der Waals surface area contributed by atoms with Crippen molar-refractivity contribution in [1.82, 2.24) is 9.55 Å². The predicted molar refractivity (Wildman–Crippen MR) is 77.7 cm³/mol. The normalized spacial score (nSPS) is 10.3. The Hall–Kier alpha value is -2.34. The maximum Gasteiger partial charge on any atom is 0.347 e. The van der Waals surface area contributed by atoms with E-state index < -0.39 is 5.69 Å². The highest BCUT2D eigenvalue weighted by molar-refractivity contribution is 6.31. The Kier molecular flexibility index (Phi) is 4.05. The number of anilines is 2. The van der Waals surface area contributed by atoms with Crippen LogP contribution in [0.1, 0.15) is 5.56 Å². The maximum absolute atomic E-state index is 11.9. The summed E-state index contributed by atoms with van der Waals surface area (Å²) in [5.41, 5.74) is 6.85. The monoisotopic (exact) mass is 292 g/mol. The fourth-order valence-electron chi connectivity index (χ4n) is 1.66. The summed E-state index contributed by atoms with van der Waals surface area (Å²) in [6.45, 7) is 1.65. The quantitative estimate of drug-likeness (QED) is 0.837. The minimum Gasteiger partial charge on any atom is -0.397 e. The number of rotatable bonds is 3. The number of hydrogen-bond acceptors (Lipinski definition) is 4. The highest BCUT2D eigenvalue weighted by Gasteiger charge is 2.08. The Morgan fingerprint density at radius 2 is 2.25 bits per heavy atom. The van der Waals surface area contributed by atoms with Gasteiger partial charge in [0.2, 0.25) is 5.91 Å². The molecule has 1 aromatic heterocycles. The van der Waals surface area contributed by atoms with E-state index in [4.69, 9.17) is 17.3 Å². The fourth-order valence-corrected chi connectivity index (χ4v) is 1.83. The molecule has 7 heteroatoms. The third-order valence-electron chi connectivity index (χ3n) is 2.59. The highest BCUT2D eigenvalue weighted by Crippen LogP contribution is 2.22. The number of nitrogens with two attached hydrogens (primary N) is 1. The summed E-state index contributed by atoms with van der Waals surface area (Å²) < 4.78 is 1.23. The summed E-state index contributed by atoms with van der Waals surface area (Å²) in [7, 11) is 0. The van der Waals surface area contributed by atoms with Crippen molar-refractivity contribution in [3.8, 4) is 0 Å². The first-order chi connectivity index (χ1) is 9.45. The van der Waals surface area contributed by atoms with Gasteiger partial charge in [0.1, 0.15) is 6.54 Å². The molecule has 3 N–H and O–H groups in total. The zero-order valence-corrected chi connectivity index (χ0v) is 11.5. The van der Waals surface area contributed by atoms with E-state index in [2.05, 4.69) is 10.3 Å². The van der Waals surface area contributed by atoms with E-state index in [1.807, 2.05) is 0 Å². The molecular weight excluding hydrogens is 280 g/mol. The molecule has 0 unspecified atom stereocenters. The Bertz CT molecular complexity index is 712. The van der Waals surface area contributed by atoms with Crippen LogP contribution in [0.2, 0.25) is 5.02 Å². The molecule has 0 radical (unpaired) electrons. The number of aromatic nitrogens is 2. The van der Waals surface area contributed by atoms with Crippen molar-refractivity contribution in [3.05, 3.63) is 51.7 Å². The molecule has 20 heavy (non-hydrogen) atoms. The van der Waals surface area contributed by atoms with Crippen molar-refractivity contribution < 1.29 is 4.79 Å². The number of nitrogens with one attached hydrogen (secondary N) is 1. The van der Waals surface area contributed by atoms with E-state index in [0.29, 0.717) is 16.4 Å². The Labute approximate surface area is 120 Å². The predicted octanol–water partition coefficient (Wildman–Crippen LogP) is 1.43. The zero-order valence-electron chi connectivity index (χ0n) is 10.8. The molecule has 0 saturated heterocycles. The van der Waals surface area contributed by atoms with Crippen molar-refractivity contribution in [3.63, 3.8) is 0 Å². The van der Waals surface area contributed by atoms with E-state index in [0.717, 1.165) is 5.56 Å². The molecule has 0 fully saturated rings. The standard InChI is InChI=1S/C13H13ClN4O2/c1-8-5-16-13(20)18(6-8)7-12(19)17-11-4-9(14)2-3-10(11)15/h2-6H,7,15H2,1H3,(H,17,19). The number of amides is 1. The molecule has 0 aliphatic heterocycles. The molecular formula is C13H13ClN4O2. The second-order valence-electron chi connectivity index (χ2n) is 4.32. The molecule has 0 spiro atoms. The van der Waals surface area contributed by atoms with Gasteiger partial charge in [0.25, 0.3) is 0 Å². The van der Waals surface area contributed by atoms with Gasteiger partial charge in [-0.2, -0.15) is 0 Å². The lowest BCUT2D eigenvalue weighted by molar-refractivity contribution is -0.116. The van der Waals surface area contributed by atoms with E-state index in [9.17, 15) is 9.59 Å². The first kappa shape index (κ1) is 14.1. The van der Waals surface area contributed by atoms with Gasteiger partial charge in [-0.25, -0.2) is 9.78 Å². The molecule has 104 valence electrons. The van der Waals surface area contributed by atoms with Gasteiger partial charge in [-0.15, -0.1) is 0 Å². The molecule has 2 rings (SSSR count). The topological polar surface area (TPSA) is 90.0 Å². The number of carbonyl (C=O) groups excluding carboxylic acids is 1. The second-order valence-corrected chi connectivity index (χ2v) is 4.76. The van der Waals surface area contributed by atoms with Gasteiger partial charge in [-0.3, -0.25) is 9.36 Å². The van der Waals surface area contributed by atoms with Gasteiger partial charge in [0.05, 0.1) is 11.4 Å². The van der Waals surface area contributed by atoms with Crippen LogP contribution in [0.4, 0.5) is 11.4 Å². The molecule has 0 atom stereocenters. The van der Waals surface area contributed by atoms with Gasteiger partial charge >= 0.3 is 5.69 Å². The number of aryl methyl sites for hydroxylation is 1. The Balaban J connectivity index is 2.15. The molecule has 0 bridgehead atoms. The molecule has 6 nitrogen and oxygen atoms in total. The lowest BCUT2D eigenvalue weighted by atomic mass is 10.2. The van der Waals surface area contributed by atoms with Crippen LogP contribution in [0.15, 0.2) is 35.4 Å². The number of benzene rings is 1. The minimum atomic E-state index is -0.482. The van der Waals surface area contributed by atoms with Crippen LogP contribution in [0.5, 0.6) is 0 Å². The number of carbonyl (C=O) groups is 1. The zero-order chi connectivity index (χ0) is 14.7. The van der Waals surface area contributed by atoms with Gasteiger partial charge in [-0.1, -0.05) is 11.6 Å². The smallest absolute Gasteiger partial charge is 0.347 e. The van der Waals surface area contributed by atoms with Crippen molar-refractivity contribution in [1.29, 1.82) is 0 Å². The summed E-state index contributed by atoms with van der Waals surface area (Å²) in [6.07, 6.45) is 3.02. The number of halogens is 1. The number of nitrogens with zero attached hydrogens (tertiary/aromatic N) is 2. The average molecular weight is 293 g/mol. The Morgan fingerprint density at radius 3 is 3.00 bits per heavy atom. The first-order valence-corrected chi connectivity index (χ1v) is 6.21.